The fourth-order valence-corrected chi connectivity index (χ4v) is 1.92. The maximum absolute atomic E-state index is 12.7. The Morgan fingerprint density at radius 1 is 1.33 bits per heavy atom. The molecular weight excluding hydrogens is 374 g/mol. The molecule has 0 unspecified atom stereocenters. The molecule has 0 aromatic heterocycles. The van der Waals surface area contributed by atoms with E-state index in [0.29, 0.717) is 6.07 Å². The fourth-order valence-electron chi connectivity index (χ4n) is 1.35. The first-order chi connectivity index (χ1) is 8.14. The number of alkyl halides is 5. The number of carbonyl (C=O) groups excluding carboxylic acids is 1. The molecule has 0 N–H and O–H groups in total. The Hall–Kier alpha value is -0.930. The first kappa shape index (κ1) is 15.1. The summed E-state index contributed by atoms with van der Waals surface area (Å²) in [4.78, 5) is 11.2. The normalized spacial score (nSPS) is 11.8. The minimum absolute atomic E-state index is 0.00565. The van der Waals surface area contributed by atoms with Crippen LogP contribution in [0.2, 0.25) is 0 Å². The van der Waals surface area contributed by atoms with Gasteiger partial charge in [-0.1, -0.05) is 0 Å². The van der Waals surface area contributed by atoms with E-state index in [-0.39, 0.29) is 3.57 Å². The lowest BCUT2D eigenvalue weighted by Gasteiger charge is -2.16. The third-order valence-corrected chi connectivity index (χ3v) is 2.82. The van der Waals surface area contributed by atoms with E-state index in [1.54, 1.807) is 0 Å². The van der Waals surface area contributed by atoms with E-state index in [9.17, 15) is 26.7 Å². The van der Waals surface area contributed by atoms with Gasteiger partial charge in [-0.2, -0.15) is 22.0 Å². The highest BCUT2D eigenvalue weighted by atomic mass is 127. The van der Waals surface area contributed by atoms with Crippen molar-refractivity contribution in [2.24, 2.45) is 0 Å². The Morgan fingerprint density at radius 3 is 2.28 bits per heavy atom. The van der Waals surface area contributed by atoms with Crippen LogP contribution in [-0.4, -0.2) is 12.4 Å². The number of hydrogen-bond acceptors (Lipinski definition) is 2. The molecule has 0 bridgehead atoms. The van der Waals surface area contributed by atoms with Gasteiger partial charge in [0.25, 0.3) is 0 Å². The minimum atomic E-state index is -4.81. The van der Waals surface area contributed by atoms with Crippen LogP contribution in [0.4, 0.5) is 22.0 Å². The Balaban J connectivity index is 3.53. The molecule has 1 aromatic carbocycles. The van der Waals surface area contributed by atoms with Gasteiger partial charge >= 0.3 is 12.8 Å². The third-order valence-electron chi connectivity index (χ3n) is 1.97. The lowest BCUT2D eigenvalue weighted by atomic mass is 10.0. The summed E-state index contributed by atoms with van der Waals surface area (Å²) >= 11 is 1.52. The van der Waals surface area contributed by atoms with Crippen LogP contribution in [0, 0.1) is 3.57 Å². The van der Waals surface area contributed by atoms with Gasteiger partial charge in [-0.3, -0.25) is 4.79 Å². The Bertz CT molecular complexity index is 470. The van der Waals surface area contributed by atoms with E-state index in [4.69, 9.17) is 0 Å². The van der Waals surface area contributed by atoms with Crippen molar-refractivity contribution in [3.05, 3.63) is 26.8 Å². The van der Waals surface area contributed by atoms with Crippen molar-refractivity contribution in [1.29, 1.82) is 0 Å². The van der Waals surface area contributed by atoms with Gasteiger partial charge in [0.15, 0.2) is 11.5 Å². The maximum atomic E-state index is 12.7. The Morgan fingerprint density at radius 2 is 1.89 bits per heavy atom. The summed E-state index contributed by atoms with van der Waals surface area (Å²) in [5.74, 6) is -1.73. The summed E-state index contributed by atoms with van der Waals surface area (Å²) < 4.78 is 66.3. The van der Waals surface area contributed by atoms with E-state index in [2.05, 4.69) is 4.74 Å². The van der Waals surface area contributed by atoms with Crippen LogP contribution in [-0.2, 0) is 6.18 Å². The largest absolute Gasteiger partial charge is 0.433 e. The molecule has 1 aromatic rings. The topological polar surface area (TPSA) is 26.3 Å². The zero-order valence-corrected chi connectivity index (χ0v) is 11.0. The molecule has 8 heteroatoms. The quantitative estimate of drug-likeness (QED) is 0.448. The predicted octanol–water partition coefficient (Wildman–Crippen LogP) is 4.11. The van der Waals surface area contributed by atoms with Crippen LogP contribution in [0.25, 0.3) is 0 Å². The number of hydrogen-bond donors (Lipinski definition) is 0. The van der Waals surface area contributed by atoms with Gasteiger partial charge < -0.3 is 4.74 Å². The van der Waals surface area contributed by atoms with Crippen LogP contribution in [0.3, 0.4) is 0 Å². The Labute approximate surface area is 112 Å². The molecule has 0 aliphatic heterocycles. The molecule has 0 saturated carbocycles. The highest BCUT2D eigenvalue weighted by Crippen LogP contribution is 2.39. The fraction of sp³-hybridized carbons (Fsp3) is 0.300. The maximum Gasteiger partial charge on any atom is 0.417 e. The van der Waals surface area contributed by atoms with Crippen molar-refractivity contribution >= 4 is 28.4 Å². The number of ether oxygens (including phenoxy) is 1. The highest BCUT2D eigenvalue weighted by Gasteiger charge is 2.37. The van der Waals surface area contributed by atoms with Crippen LogP contribution < -0.4 is 4.74 Å². The molecule has 0 aliphatic carbocycles. The second-order valence-electron chi connectivity index (χ2n) is 3.23. The summed E-state index contributed by atoms with van der Waals surface area (Å²) in [5, 5.41) is 0. The number of Topliss-reactive ketones (excluding diaryl/α,β-unsaturated/α-hetero) is 1. The second-order valence-corrected chi connectivity index (χ2v) is 4.39. The van der Waals surface area contributed by atoms with E-state index in [1.807, 2.05) is 0 Å². The minimum Gasteiger partial charge on any atom is -0.433 e. The second kappa shape index (κ2) is 5.37. The number of halogens is 6. The van der Waals surface area contributed by atoms with E-state index >= 15 is 0 Å². The summed E-state index contributed by atoms with van der Waals surface area (Å²) in [6, 6.07) is 1.63. The number of carbonyl (C=O) groups is 1. The molecule has 0 aliphatic rings. The zero-order chi connectivity index (χ0) is 14.1. The van der Waals surface area contributed by atoms with Gasteiger partial charge in [-0.25, -0.2) is 0 Å². The molecule has 0 spiro atoms. The summed E-state index contributed by atoms with van der Waals surface area (Å²) in [7, 11) is 0. The van der Waals surface area contributed by atoms with E-state index in [1.165, 1.54) is 22.6 Å². The van der Waals surface area contributed by atoms with Crippen molar-refractivity contribution in [2.45, 2.75) is 19.7 Å². The first-order valence-corrected chi connectivity index (χ1v) is 5.58. The van der Waals surface area contributed by atoms with Crippen molar-refractivity contribution < 1.29 is 31.5 Å². The number of benzene rings is 1. The highest BCUT2D eigenvalue weighted by molar-refractivity contribution is 14.1. The van der Waals surface area contributed by atoms with Crippen LogP contribution >= 0.6 is 22.6 Å². The average molecular weight is 380 g/mol. The van der Waals surface area contributed by atoms with Gasteiger partial charge in [0.1, 0.15) is 0 Å². The summed E-state index contributed by atoms with van der Waals surface area (Å²) in [6.07, 6.45) is -4.81. The molecule has 0 amide bonds. The van der Waals surface area contributed by atoms with Gasteiger partial charge in [-0.05, 0) is 41.6 Å². The van der Waals surface area contributed by atoms with Gasteiger partial charge in [0.2, 0.25) is 0 Å². The Kier molecular flexibility index (Phi) is 4.51. The molecule has 0 radical (unpaired) electrons. The molecule has 2 nitrogen and oxygen atoms in total. The van der Waals surface area contributed by atoms with Crippen molar-refractivity contribution in [3.63, 3.8) is 0 Å². The first-order valence-electron chi connectivity index (χ1n) is 4.50. The van der Waals surface area contributed by atoms with Gasteiger partial charge in [-0.15, -0.1) is 0 Å². The van der Waals surface area contributed by atoms with E-state index in [0.717, 1.165) is 13.0 Å². The average Bonchev–Trinajstić information content (AvgIpc) is 2.17. The van der Waals surface area contributed by atoms with Gasteiger partial charge in [0.05, 0.1) is 14.7 Å². The molecule has 100 valence electrons. The van der Waals surface area contributed by atoms with Crippen molar-refractivity contribution in [2.75, 3.05) is 0 Å². The molecule has 0 atom stereocenters. The molecule has 0 fully saturated rings. The molecule has 18 heavy (non-hydrogen) atoms. The molecule has 0 saturated heterocycles. The molecule has 1 rings (SSSR count). The predicted molar refractivity (Wildman–Crippen MR) is 60.8 cm³/mol. The summed E-state index contributed by atoms with van der Waals surface area (Å²) in [5.41, 5.74) is -2.17. The molecule has 0 heterocycles. The lowest BCUT2D eigenvalue weighted by Crippen LogP contribution is -2.16. The van der Waals surface area contributed by atoms with Gasteiger partial charge in [0, 0.05) is 0 Å². The van der Waals surface area contributed by atoms with Crippen LogP contribution in [0.1, 0.15) is 22.8 Å². The molecular formula is C10H6F5IO2. The van der Waals surface area contributed by atoms with Crippen LogP contribution in [0.5, 0.6) is 5.75 Å². The third kappa shape index (κ3) is 3.30. The van der Waals surface area contributed by atoms with Crippen molar-refractivity contribution in [1.82, 2.24) is 0 Å². The zero-order valence-electron chi connectivity index (χ0n) is 8.82. The number of rotatable bonds is 3. The van der Waals surface area contributed by atoms with Crippen molar-refractivity contribution in [3.8, 4) is 5.75 Å². The number of ketones is 1. The lowest BCUT2D eigenvalue weighted by molar-refractivity contribution is -0.138. The standard InChI is InChI=1S/C10H6F5IO2/c1-4(17)7-5(10(13,14)15)2-3-6(16)8(7)18-9(11)12/h2-3,9H,1H3. The monoisotopic (exact) mass is 380 g/mol. The smallest absolute Gasteiger partial charge is 0.417 e. The van der Waals surface area contributed by atoms with Crippen LogP contribution in [0.15, 0.2) is 12.1 Å². The SMILES string of the molecule is CC(=O)c1c(C(F)(F)F)ccc(I)c1OC(F)F. The van der Waals surface area contributed by atoms with E-state index < -0.39 is 35.4 Å². The summed E-state index contributed by atoms with van der Waals surface area (Å²) in [6.45, 7) is -2.45.